The van der Waals surface area contributed by atoms with Crippen LogP contribution in [0.5, 0.6) is 0 Å². The first kappa shape index (κ1) is 22.9. The number of amides is 1. The van der Waals surface area contributed by atoms with E-state index in [2.05, 4.69) is 26.6 Å². The van der Waals surface area contributed by atoms with Crippen LogP contribution in [-0.2, 0) is 11.2 Å². The molecule has 5 aromatic rings. The van der Waals surface area contributed by atoms with Crippen molar-refractivity contribution in [3.05, 3.63) is 107 Å². The van der Waals surface area contributed by atoms with Crippen LogP contribution in [0.2, 0.25) is 5.02 Å². The van der Waals surface area contributed by atoms with Gasteiger partial charge in [0, 0.05) is 53.0 Å². The Balaban J connectivity index is 1.27. The van der Waals surface area contributed by atoms with E-state index >= 15 is 0 Å². The topological polar surface area (TPSA) is 83.8 Å². The van der Waals surface area contributed by atoms with E-state index in [4.69, 9.17) is 16.0 Å². The fraction of sp³-hybridized carbons (Fsp3) is 0.179. The number of hydrogen-bond donors (Lipinski definition) is 2. The van der Waals surface area contributed by atoms with Gasteiger partial charge in [0.2, 0.25) is 17.7 Å². The summed E-state index contributed by atoms with van der Waals surface area (Å²) in [6, 6.07) is 23.8. The number of carbonyl (C=O) groups excluding carboxylic acids is 1. The summed E-state index contributed by atoms with van der Waals surface area (Å²) in [6.07, 6.45) is 2.61. The molecule has 0 fully saturated rings. The lowest BCUT2D eigenvalue weighted by atomic mass is 9.90. The van der Waals surface area contributed by atoms with E-state index in [-0.39, 0.29) is 18.2 Å². The zero-order chi connectivity index (χ0) is 24.2. The van der Waals surface area contributed by atoms with Crippen molar-refractivity contribution < 1.29 is 9.21 Å². The minimum atomic E-state index is -0.0969. The van der Waals surface area contributed by atoms with E-state index in [1.54, 1.807) is 0 Å². The number of fused-ring (bicyclic) bond motifs is 1. The molecule has 7 heteroatoms. The molecule has 3 aromatic carbocycles. The lowest BCUT2D eigenvalue weighted by molar-refractivity contribution is -0.121. The molecule has 0 aliphatic rings. The first-order valence-electron chi connectivity index (χ1n) is 11.5. The molecule has 1 atom stereocenters. The van der Waals surface area contributed by atoms with Crippen LogP contribution in [0.3, 0.4) is 0 Å². The number of benzene rings is 3. The van der Waals surface area contributed by atoms with Gasteiger partial charge in [0.1, 0.15) is 0 Å². The summed E-state index contributed by atoms with van der Waals surface area (Å²) in [5.74, 6) is 0.714. The predicted octanol–water partition coefficient (Wildman–Crippen LogP) is 6.06. The maximum atomic E-state index is 12.7. The van der Waals surface area contributed by atoms with Crippen molar-refractivity contribution in [3.8, 4) is 11.5 Å². The number of aromatic nitrogens is 3. The normalized spacial score (nSPS) is 12.1. The van der Waals surface area contributed by atoms with Gasteiger partial charge in [-0.05, 0) is 42.3 Å². The molecule has 2 aromatic heterocycles. The highest BCUT2D eigenvalue weighted by molar-refractivity contribution is 6.31. The molecule has 35 heavy (non-hydrogen) atoms. The molecule has 6 nitrogen and oxygen atoms in total. The molecule has 0 aliphatic carbocycles. The molecule has 0 bridgehead atoms. The van der Waals surface area contributed by atoms with Crippen molar-refractivity contribution in [2.24, 2.45) is 0 Å². The average Bonchev–Trinajstić information content (AvgIpc) is 3.52. The summed E-state index contributed by atoms with van der Waals surface area (Å²) < 4.78 is 5.75. The van der Waals surface area contributed by atoms with E-state index in [1.807, 2.05) is 79.9 Å². The second-order valence-electron chi connectivity index (χ2n) is 8.53. The van der Waals surface area contributed by atoms with Crippen molar-refractivity contribution in [3.63, 3.8) is 0 Å². The number of H-pyrrole nitrogens is 1. The number of halogens is 1. The Labute approximate surface area is 208 Å². The zero-order valence-corrected chi connectivity index (χ0v) is 20.0. The fourth-order valence-electron chi connectivity index (χ4n) is 4.22. The zero-order valence-electron chi connectivity index (χ0n) is 19.3. The third kappa shape index (κ3) is 5.12. The Bertz CT molecular complexity index is 1460. The van der Waals surface area contributed by atoms with Crippen molar-refractivity contribution in [1.29, 1.82) is 0 Å². The largest absolute Gasteiger partial charge is 0.421 e. The fourth-order valence-corrected chi connectivity index (χ4v) is 4.49. The van der Waals surface area contributed by atoms with Gasteiger partial charge in [0.05, 0.1) is 0 Å². The van der Waals surface area contributed by atoms with E-state index < -0.39 is 0 Å². The Morgan fingerprint density at radius 2 is 1.77 bits per heavy atom. The van der Waals surface area contributed by atoms with Gasteiger partial charge in [-0.1, -0.05) is 65.7 Å². The van der Waals surface area contributed by atoms with Gasteiger partial charge in [0.15, 0.2) is 0 Å². The molecule has 0 aliphatic heterocycles. The number of aryl methyl sites for hydroxylation is 2. The van der Waals surface area contributed by atoms with Crippen LogP contribution in [0.4, 0.5) is 0 Å². The summed E-state index contributed by atoms with van der Waals surface area (Å²) in [5.41, 5.74) is 5.13. The van der Waals surface area contributed by atoms with Crippen molar-refractivity contribution >= 4 is 28.4 Å². The first-order valence-corrected chi connectivity index (χ1v) is 11.9. The second kappa shape index (κ2) is 10.2. The van der Waals surface area contributed by atoms with Gasteiger partial charge in [-0.3, -0.25) is 4.79 Å². The first-order chi connectivity index (χ1) is 17.1. The third-order valence-corrected chi connectivity index (χ3v) is 6.46. The molecular formula is C28H25ClN4O2. The van der Waals surface area contributed by atoms with Crippen molar-refractivity contribution in [1.82, 2.24) is 20.5 Å². The molecular weight excluding hydrogens is 460 g/mol. The second-order valence-corrected chi connectivity index (χ2v) is 8.94. The van der Waals surface area contributed by atoms with Gasteiger partial charge in [0.25, 0.3) is 0 Å². The third-order valence-electron chi connectivity index (χ3n) is 6.11. The minimum absolute atomic E-state index is 0.0861. The SMILES string of the molecule is Cc1ccc(-c2nnc(CCC(=O)NCC(c3ccccc3Cl)c3c[nH]c4ccccc34)o2)cc1. The van der Waals surface area contributed by atoms with Crippen LogP contribution in [0.25, 0.3) is 22.4 Å². The van der Waals surface area contributed by atoms with Crippen LogP contribution in [0.15, 0.2) is 83.4 Å². The van der Waals surface area contributed by atoms with Gasteiger partial charge < -0.3 is 14.7 Å². The molecule has 0 spiro atoms. The lowest BCUT2D eigenvalue weighted by Crippen LogP contribution is -2.29. The number of para-hydroxylation sites is 1. The minimum Gasteiger partial charge on any atom is -0.421 e. The number of rotatable bonds is 8. The molecule has 2 heterocycles. The van der Waals surface area contributed by atoms with Crippen LogP contribution >= 0.6 is 11.6 Å². The Morgan fingerprint density at radius 3 is 2.60 bits per heavy atom. The summed E-state index contributed by atoms with van der Waals surface area (Å²) in [5, 5.41) is 13.1. The van der Waals surface area contributed by atoms with Crippen LogP contribution in [-0.4, -0.2) is 27.6 Å². The van der Waals surface area contributed by atoms with Gasteiger partial charge in [-0.2, -0.15) is 0 Å². The number of hydrogen-bond acceptors (Lipinski definition) is 4. The maximum absolute atomic E-state index is 12.7. The van der Waals surface area contributed by atoms with Crippen LogP contribution < -0.4 is 5.32 Å². The van der Waals surface area contributed by atoms with E-state index in [0.717, 1.165) is 33.2 Å². The molecule has 1 amide bonds. The molecule has 0 saturated carbocycles. The lowest BCUT2D eigenvalue weighted by Gasteiger charge is -2.19. The highest BCUT2D eigenvalue weighted by atomic mass is 35.5. The Kier molecular flexibility index (Phi) is 6.64. The number of nitrogens with one attached hydrogen (secondary N) is 2. The standard InChI is InChI=1S/C28H25ClN4O2/c1-18-10-12-19(13-11-18)28-33-32-27(35-28)15-14-26(34)31-17-22(20-6-2-4-8-24(20)29)23-16-30-25-9-5-3-7-21(23)25/h2-13,16,22,30H,14-15,17H2,1H3,(H,31,34). The Hall–Kier alpha value is -3.90. The van der Waals surface area contributed by atoms with Crippen molar-refractivity contribution in [2.75, 3.05) is 6.54 Å². The van der Waals surface area contributed by atoms with Crippen molar-refractivity contribution in [2.45, 2.75) is 25.7 Å². The quantitative estimate of drug-likeness (QED) is 0.280. The molecule has 0 radical (unpaired) electrons. The highest BCUT2D eigenvalue weighted by Gasteiger charge is 2.21. The van der Waals surface area contributed by atoms with E-state index in [1.165, 1.54) is 0 Å². The van der Waals surface area contributed by atoms with Gasteiger partial charge in [-0.25, -0.2) is 0 Å². The molecule has 2 N–H and O–H groups in total. The van der Waals surface area contributed by atoms with Gasteiger partial charge >= 0.3 is 0 Å². The molecule has 176 valence electrons. The predicted molar refractivity (Wildman–Crippen MR) is 137 cm³/mol. The van der Waals surface area contributed by atoms with Gasteiger partial charge in [-0.15, -0.1) is 10.2 Å². The summed E-state index contributed by atoms with van der Waals surface area (Å²) >= 11 is 6.55. The number of aromatic amines is 1. The van der Waals surface area contributed by atoms with Crippen LogP contribution in [0, 0.1) is 6.92 Å². The summed E-state index contributed by atoms with van der Waals surface area (Å²) in [4.78, 5) is 16.1. The number of nitrogens with zero attached hydrogens (tertiary/aromatic N) is 2. The smallest absolute Gasteiger partial charge is 0.247 e. The van der Waals surface area contributed by atoms with Crippen LogP contribution in [0.1, 0.15) is 34.9 Å². The van der Waals surface area contributed by atoms with E-state index in [0.29, 0.717) is 29.8 Å². The highest BCUT2D eigenvalue weighted by Crippen LogP contribution is 2.34. The van der Waals surface area contributed by atoms with E-state index in [9.17, 15) is 4.79 Å². The monoisotopic (exact) mass is 484 g/mol. The summed E-state index contributed by atoms with van der Waals surface area (Å²) in [7, 11) is 0. The average molecular weight is 485 g/mol. The molecule has 5 rings (SSSR count). The molecule has 1 unspecified atom stereocenters. The number of carbonyl (C=O) groups is 1. The summed E-state index contributed by atoms with van der Waals surface area (Å²) in [6.45, 7) is 2.44. The Morgan fingerprint density at radius 1 is 1.00 bits per heavy atom. The molecule has 0 saturated heterocycles. The maximum Gasteiger partial charge on any atom is 0.247 e.